The van der Waals surface area contributed by atoms with Crippen LogP contribution in [-0.2, 0) is 11.3 Å². The van der Waals surface area contributed by atoms with Crippen molar-refractivity contribution in [1.82, 2.24) is 4.57 Å². The number of esters is 1. The minimum atomic E-state index is -0.717. The van der Waals surface area contributed by atoms with Gasteiger partial charge in [-0.15, -0.1) is 0 Å². The average molecular weight is 518 g/mol. The molecule has 0 atom stereocenters. The monoisotopic (exact) mass is 517 g/mol. The van der Waals surface area contributed by atoms with Crippen molar-refractivity contribution in [2.24, 2.45) is 0 Å². The van der Waals surface area contributed by atoms with Crippen LogP contribution in [0, 0.1) is 0 Å². The highest BCUT2D eigenvalue weighted by Gasteiger charge is 2.22. The van der Waals surface area contributed by atoms with Gasteiger partial charge in [-0.2, -0.15) is 0 Å². The standard InChI is InChI=1S/C30H31NO7/c1-5-35-22-13-21(14-23(15-22)36-6-2)31-18-25(30(33)37-7-3)29(32)28-26(31)16-24(17-27(28)34-4)38-19-20-11-9-8-10-12-20/h8-18H,5-7,19H2,1-4H3. The second kappa shape index (κ2) is 12.2. The minimum absolute atomic E-state index is 0.115. The first-order valence-corrected chi connectivity index (χ1v) is 12.5. The summed E-state index contributed by atoms with van der Waals surface area (Å²) in [6.45, 7) is 6.85. The Kier molecular flexibility index (Phi) is 8.53. The first kappa shape index (κ1) is 26.6. The van der Waals surface area contributed by atoms with E-state index in [0.717, 1.165) is 5.56 Å². The number of methoxy groups -OCH3 is 1. The van der Waals surface area contributed by atoms with Crippen LogP contribution in [0.2, 0.25) is 0 Å². The average Bonchev–Trinajstić information content (AvgIpc) is 2.92. The lowest BCUT2D eigenvalue weighted by atomic mass is 10.1. The van der Waals surface area contributed by atoms with Crippen molar-refractivity contribution in [3.05, 3.63) is 88.2 Å². The number of nitrogens with zero attached hydrogens (tertiary/aromatic N) is 1. The third kappa shape index (κ3) is 5.75. The number of fused-ring (bicyclic) bond motifs is 1. The van der Waals surface area contributed by atoms with E-state index in [9.17, 15) is 9.59 Å². The number of ether oxygens (including phenoxy) is 5. The number of pyridine rings is 1. The predicted molar refractivity (Wildman–Crippen MR) is 145 cm³/mol. The largest absolute Gasteiger partial charge is 0.496 e. The van der Waals surface area contributed by atoms with Crippen LogP contribution in [0.25, 0.3) is 16.6 Å². The summed E-state index contributed by atoms with van der Waals surface area (Å²) >= 11 is 0. The van der Waals surface area contributed by atoms with Crippen LogP contribution in [-0.4, -0.2) is 37.5 Å². The highest BCUT2D eigenvalue weighted by Crippen LogP contribution is 2.33. The molecule has 1 aromatic heterocycles. The fourth-order valence-corrected chi connectivity index (χ4v) is 4.14. The first-order valence-electron chi connectivity index (χ1n) is 12.5. The summed E-state index contributed by atoms with van der Waals surface area (Å²) in [5.74, 6) is 1.23. The SMILES string of the molecule is CCOC(=O)c1cn(-c2cc(OCC)cc(OCC)c2)c2cc(OCc3ccccc3)cc(OC)c2c1=O. The van der Waals surface area contributed by atoms with Crippen LogP contribution in [0.3, 0.4) is 0 Å². The quantitative estimate of drug-likeness (QED) is 0.241. The van der Waals surface area contributed by atoms with Crippen molar-refractivity contribution in [2.75, 3.05) is 26.9 Å². The highest BCUT2D eigenvalue weighted by atomic mass is 16.5. The second-order valence-corrected chi connectivity index (χ2v) is 8.28. The van der Waals surface area contributed by atoms with E-state index >= 15 is 0 Å². The van der Waals surface area contributed by atoms with E-state index in [4.69, 9.17) is 23.7 Å². The van der Waals surface area contributed by atoms with Gasteiger partial charge >= 0.3 is 5.97 Å². The van der Waals surface area contributed by atoms with Gasteiger partial charge in [-0.3, -0.25) is 4.79 Å². The van der Waals surface area contributed by atoms with Crippen molar-refractivity contribution >= 4 is 16.9 Å². The molecule has 3 aromatic carbocycles. The molecule has 0 aliphatic carbocycles. The molecular weight excluding hydrogens is 486 g/mol. The minimum Gasteiger partial charge on any atom is -0.496 e. The van der Waals surface area contributed by atoms with E-state index in [1.54, 1.807) is 29.7 Å². The van der Waals surface area contributed by atoms with Gasteiger partial charge in [0.05, 0.1) is 43.5 Å². The van der Waals surface area contributed by atoms with Gasteiger partial charge in [0, 0.05) is 36.5 Å². The Balaban J connectivity index is 1.97. The Morgan fingerprint density at radius 2 is 1.47 bits per heavy atom. The van der Waals surface area contributed by atoms with E-state index in [-0.39, 0.29) is 23.3 Å². The van der Waals surface area contributed by atoms with Gasteiger partial charge in [-0.05, 0) is 26.3 Å². The van der Waals surface area contributed by atoms with Gasteiger partial charge in [0.25, 0.3) is 0 Å². The number of benzene rings is 3. The number of aromatic nitrogens is 1. The molecule has 0 aliphatic rings. The second-order valence-electron chi connectivity index (χ2n) is 8.28. The molecule has 0 fully saturated rings. The zero-order chi connectivity index (χ0) is 27.1. The lowest BCUT2D eigenvalue weighted by Crippen LogP contribution is -2.21. The molecule has 8 heteroatoms. The molecule has 4 rings (SSSR count). The summed E-state index contributed by atoms with van der Waals surface area (Å²) < 4.78 is 30.1. The van der Waals surface area contributed by atoms with Crippen LogP contribution in [0.1, 0.15) is 36.7 Å². The van der Waals surface area contributed by atoms with E-state index in [1.807, 2.05) is 56.3 Å². The van der Waals surface area contributed by atoms with Crippen molar-refractivity contribution in [1.29, 1.82) is 0 Å². The van der Waals surface area contributed by atoms with Crippen LogP contribution < -0.4 is 24.4 Å². The molecular formula is C30H31NO7. The molecule has 0 aliphatic heterocycles. The number of hydrogen-bond acceptors (Lipinski definition) is 7. The number of carbonyl (C=O) groups is 1. The van der Waals surface area contributed by atoms with Crippen molar-refractivity contribution in [3.8, 4) is 28.7 Å². The number of hydrogen-bond donors (Lipinski definition) is 0. The first-order chi connectivity index (χ1) is 18.5. The molecule has 1 heterocycles. The Morgan fingerprint density at radius 1 is 0.816 bits per heavy atom. The summed E-state index contributed by atoms with van der Waals surface area (Å²) in [6, 6.07) is 18.6. The van der Waals surface area contributed by atoms with Gasteiger partial charge in [-0.25, -0.2) is 4.79 Å². The predicted octanol–water partition coefficient (Wildman–Crippen LogP) is 5.55. The van der Waals surface area contributed by atoms with Crippen LogP contribution >= 0.6 is 0 Å². The molecule has 0 N–H and O–H groups in total. The Bertz CT molecular complexity index is 1450. The molecule has 0 bridgehead atoms. The Hall–Kier alpha value is -4.46. The number of carbonyl (C=O) groups excluding carboxylic acids is 1. The molecule has 4 aromatic rings. The van der Waals surface area contributed by atoms with E-state index in [0.29, 0.717) is 48.3 Å². The highest BCUT2D eigenvalue weighted by molar-refractivity contribution is 5.97. The summed E-state index contributed by atoms with van der Waals surface area (Å²) in [5, 5.41) is 0.227. The summed E-state index contributed by atoms with van der Waals surface area (Å²) in [6.07, 6.45) is 1.48. The van der Waals surface area contributed by atoms with E-state index in [2.05, 4.69) is 0 Å². The van der Waals surface area contributed by atoms with Crippen LogP contribution in [0.5, 0.6) is 23.0 Å². The van der Waals surface area contributed by atoms with Crippen LogP contribution in [0.4, 0.5) is 0 Å². The summed E-state index contributed by atoms with van der Waals surface area (Å²) in [5.41, 5.74) is 1.49. The van der Waals surface area contributed by atoms with Crippen molar-refractivity contribution in [2.45, 2.75) is 27.4 Å². The molecule has 0 spiro atoms. The maximum Gasteiger partial charge on any atom is 0.343 e. The lowest BCUT2D eigenvalue weighted by molar-refractivity contribution is 0.0524. The fourth-order valence-electron chi connectivity index (χ4n) is 4.14. The van der Waals surface area contributed by atoms with E-state index in [1.165, 1.54) is 13.3 Å². The molecule has 0 saturated carbocycles. The van der Waals surface area contributed by atoms with Crippen molar-refractivity contribution < 1.29 is 28.5 Å². The Labute approximate surface area is 221 Å². The van der Waals surface area contributed by atoms with Crippen LogP contribution in [0.15, 0.2) is 71.7 Å². The maximum atomic E-state index is 13.6. The maximum absolute atomic E-state index is 13.6. The summed E-state index contributed by atoms with van der Waals surface area (Å²) in [7, 11) is 1.47. The molecule has 38 heavy (non-hydrogen) atoms. The molecule has 0 amide bonds. The molecule has 198 valence electrons. The zero-order valence-corrected chi connectivity index (χ0v) is 22.0. The Morgan fingerprint density at radius 3 is 2.08 bits per heavy atom. The van der Waals surface area contributed by atoms with Gasteiger partial charge in [0.2, 0.25) is 5.43 Å². The van der Waals surface area contributed by atoms with Gasteiger partial charge in [-0.1, -0.05) is 30.3 Å². The zero-order valence-electron chi connectivity index (χ0n) is 22.0. The normalized spacial score (nSPS) is 10.7. The molecule has 0 unspecified atom stereocenters. The van der Waals surface area contributed by atoms with Gasteiger partial charge in [0.1, 0.15) is 35.2 Å². The molecule has 0 saturated heterocycles. The molecule has 0 radical (unpaired) electrons. The number of rotatable bonds is 11. The summed E-state index contributed by atoms with van der Waals surface area (Å²) in [4.78, 5) is 26.4. The molecule has 8 nitrogen and oxygen atoms in total. The van der Waals surface area contributed by atoms with Crippen molar-refractivity contribution in [3.63, 3.8) is 0 Å². The third-order valence-electron chi connectivity index (χ3n) is 5.77. The topological polar surface area (TPSA) is 85.2 Å². The van der Waals surface area contributed by atoms with Gasteiger partial charge in [0.15, 0.2) is 0 Å². The van der Waals surface area contributed by atoms with Gasteiger partial charge < -0.3 is 28.3 Å². The smallest absolute Gasteiger partial charge is 0.343 e. The third-order valence-corrected chi connectivity index (χ3v) is 5.77. The fraction of sp³-hybridized carbons (Fsp3) is 0.267. The van der Waals surface area contributed by atoms with E-state index < -0.39 is 11.4 Å². The lowest BCUT2D eigenvalue weighted by Gasteiger charge is -2.18.